The molecule has 2 heterocycles. The molecule has 1 saturated heterocycles. The van der Waals surface area contributed by atoms with Crippen LogP contribution in [0.25, 0.3) is 10.8 Å². The number of aromatic nitrogens is 1. The maximum atomic E-state index is 12.2. The van der Waals surface area contributed by atoms with E-state index in [0.717, 1.165) is 16.5 Å². The van der Waals surface area contributed by atoms with Crippen molar-refractivity contribution in [2.24, 2.45) is 0 Å². The standard InChI is InChI=1S/C21H20N2O3/c1-15-5-4-8-20(22-15)26-19-12-23(13-19)21(24)14-25-18-10-9-16-6-2-3-7-17(16)11-18/h2-11,19H,12-14H2,1H3. The van der Waals surface area contributed by atoms with Gasteiger partial charge in [-0.25, -0.2) is 4.98 Å². The Balaban J connectivity index is 1.26. The minimum absolute atomic E-state index is 0.00563. The summed E-state index contributed by atoms with van der Waals surface area (Å²) in [6.45, 7) is 3.09. The number of likely N-dealkylation sites (tertiary alicyclic amines) is 1. The molecule has 132 valence electrons. The van der Waals surface area contributed by atoms with Crippen LogP contribution in [0.15, 0.2) is 60.7 Å². The minimum Gasteiger partial charge on any atom is -0.484 e. The van der Waals surface area contributed by atoms with Crippen LogP contribution in [0.4, 0.5) is 0 Å². The van der Waals surface area contributed by atoms with Crippen LogP contribution in [-0.4, -0.2) is 41.6 Å². The number of rotatable bonds is 5. The van der Waals surface area contributed by atoms with Crippen molar-refractivity contribution < 1.29 is 14.3 Å². The molecule has 2 aromatic carbocycles. The van der Waals surface area contributed by atoms with Gasteiger partial charge in [0.05, 0.1) is 13.1 Å². The predicted octanol–water partition coefficient (Wildman–Crippen LogP) is 3.21. The Morgan fingerprint density at radius 3 is 2.69 bits per heavy atom. The smallest absolute Gasteiger partial charge is 0.260 e. The molecule has 0 aliphatic carbocycles. The number of benzene rings is 2. The molecule has 1 aliphatic rings. The minimum atomic E-state index is -0.0322. The zero-order chi connectivity index (χ0) is 17.9. The number of aryl methyl sites for hydroxylation is 1. The van der Waals surface area contributed by atoms with E-state index < -0.39 is 0 Å². The highest BCUT2D eigenvalue weighted by Crippen LogP contribution is 2.21. The third-order valence-corrected chi connectivity index (χ3v) is 4.43. The van der Waals surface area contributed by atoms with Gasteiger partial charge in [-0.15, -0.1) is 0 Å². The van der Waals surface area contributed by atoms with E-state index in [9.17, 15) is 4.79 Å². The fraction of sp³-hybridized carbons (Fsp3) is 0.238. The van der Waals surface area contributed by atoms with Gasteiger partial charge in [0, 0.05) is 11.8 Å². The van der Waals surface area contributed by atoms with Crippen LogP contribution in [0.3, 0.4) is 0 Å². The van der Waals surface area contributed by atoms with Gasteiger partial charge in [-0.1, -0.05) is 36.4 Å². The summed E-state index contributed by atoms with van der Waals surface area (Å²) in [6, 6.07) is 19.6. The second-order valence-electron chi connectivity index (χ2n) is 6.45. The van der Waals surface area contributed by atoms with Crippen molar-refractivity contribution in [2.45, 2.75) is 13.0 Å². The first-order valence-corrected chi connectivity index (χ1v) is 8.67. The Hall–Kier alpha value is -3.08. The monoisotopic (exact) mass is 348 g/mol. The molecular formula is C21H20N2O3. The average molecular weight is 348 g/mol. The van der Waals surface area contributed by atoms with E-state index in [2.05, 4.69) is 4.98 Å². The lowest BCUT2D eigenvalue weighted by Gasteiger charge is -2.38. The molecule has 5 nitrogen and oxygen atoms in total. The summed E-state index contributed by atoms with van der Waals surface area (Å²) in [6.07, 6.45) is -0.00563. The second-order valence-corrected chi connectivity index (χ2v) is 6.45. The third kappa shape index (κ3) is 3.61. The molecule has 26 heavy (non-hydrogen) atoms. The van der Waals surface area contributed by atoms with Crippen LogP contribution in [0, 0.1) is 6.92 Å². The molecule has 0 saturated carbocycles. The second kappa shape index (κ2) is 7.04. The van der Waals surface area contributed by atoms with Crippen molar-refractivity contribution in [1.82, 2.24) is 9.88 Å². The molecule has 0 N–H and O–H groups in total. The van der Waals surface area contributed by atoms with E-state index in [1.54, 1.807) is 4.90 Å². The Labute approximate surface area is 152 Å². The fourth-order valence-electron chi connectivity index (χ4n) is 2.96. The van der Waals surface area contributed by atoms with Gasteiger partial charge in [-0.2, -0.15) is 0 Å². The molecule has 0 atom stereocenters. The van der Waals surface area contributed by atoms with Crippen LogP contribution in [0.5, 0.6) is 11.6 Å². The van der Waals surface area contributed by atoms with E-state index in [-0.39, 0.29) is 18.6 Å². The van der Waals surface area contributed by atoms with E-state index in [0.29, 0.717) is 24.7 Å². The number of hydrogen-bond donors (Lipinski definition) is 0. The van der Waals surface area contributed by atoms with Crippen molar-refractivity contribution in [3.63, 3.8) is 0 Å². The fourth-order valence-corrected chi connectivity index (χ4v) is 2.96. The van der Waals surface area contributed by atoms with E-state index in [1.165, 1.54) is 0 Å². The Kier molecular flexibility index (Phi) is 4.44. The number of nitrogens with zero attached hydrogens (tertiary/aromatic N) is 2. The van der Waals surface area contributed by atoms with Crippen molar-refractivity contribution in [2.75, 3.05) is 19.7 Å². The Morgan fingerprint density at radius 2 is 1.88 bits per heavy atom. The molecule has 4 rings (SSSR count). The van der Waals surface area contributed by atoms with Gasteiger partial charge >= 0.3 is 0 Å². The largest absolute Gasteiger partial charge is 0.484 e. The summed E-state index contributed by atoms with van der Waals surface area (Å²) in [4.78, 5) is 18.3. The van der Waals surface area contributed by atoms with Gasteiger partial charge in [0.1, 0.15) is 11.9 Å². The molecular weight excluding hydrogens is 328 g/mol. The average Bonchev–Trinajstić information content (AvgIpc) is 2.62. The molecule has 1 fully saturated rings. The first-order chi connectivity index (χ1) is 12.7. The molecule has 0 bridgehead atoms. The summed E-state index contributed by atoms with van der Waals surface area (Å²) >= 11 is 0. The van der Waals surface area contributed by atoms with Gasteiger partial charge in [-0.05, 0) is 35.9 Å². The van der Waals surface area contributed by atoms with Gasteiger partial charge < -0.3 is 14.4 Å². The summed E-state index contributed by atoms with van der Waals surface area (Å²) < 4.78 is 11.4. The normalized spacial score (nSPS) is 14.1. The zero-order valence-corrected chi connectivity index (χ0v) is 14.6. The summed E-state index contributed by atoms with van der Waals surface area (Å²) in [7, 11) is 0. The Bertz CT molecular complexity index is 935. The first kappa shape index (κ1) is 16.4. The van der Waals surface area contributed by atoms with E-state index >= 15 is 0 Å². The van der Waals surface area contributed by atoms with Gasteiger partial charge in [0.25, 0.3) is 5.91 Å². The number of ether oxygens (including phenoxy) is 2. The number of carbonyl (C=O) groups excluding carboxylic acids is 1. The maximum absolute atomic E-state index is 12.2. The molecule has 5 heteroatoms. The molecule has 1 aromatic heterocycles. The van der Waals surface area contributed by atoms with Gasteiger partial charge in [0.2, 0.25) is 5.88 Å². The summed E-state index contributed by atoms with van der Waals surface area (Å²) in [5, 5.41) is 2.25. The SMILES string of the molecule is Cc1cccc(OC2CN(C(=O)COc3ccc4ccccc4c3)C2)n1. The molecule has 1 aliphatic heterocycles. The number of hydrogen-bond acceptors (Lipinski definition) is 4. The number of pyridine rings is 1. The quantitative estimate of drug-likeness (QED) is 0.710. The van der Waals surface area contributed by atoms with Crippen LogP contribution >= 0.6 is 0 Å². The number of amides is 1. The number of carbonyl (C=O) groups is 1. The van der Waals surface area contributed by atoms with Crippen LogP contribution < -0.4 is 9.47 Å². The highest BCUT2D eigenvalue weighted by Gasteiger charge is 2.32. The van der Waals surface area contributed by atoms with Crippen molar-refractivity contribution >= 4 is 16.7 Å². The first-order valence-electron chi connectivity index (χ1n) is 8.67. The molecule has 0 spiro atoms. The highest BCUT2D eigenvalue weighted by molar-refractivity contribution is 5.84. The van der Waals surface area contributed by atoms with Crippen LogP contribution in [-0.2, 0) is 4.79 Å². The molecule has 0 radical (unpaired) electrons. The van der Waals surface area contributed by atoms with Crippen molar-refractivity contribution in [1.29, 1.82) is 0 Å². The highest BCUT2D eigenvalue weighted by atomic mass is 16.5. The van der Waals surface area contributed by atoms with Crippen molar-refractivity contribution in [3.05, 3.63) is 66.4 Å². The lowest BCUT2D eigenvalue weighted by Crippen LogP contribution is -2.57. The van der Waals surface area contributed by atoms with E-state index in [4.69, 9.17) is 9.47 Å². The van der Waals surface area contributed by atoms with Crippen molar-refractivity contribution in [3.8, 4) is 11.6 Å². The summed E-state index contributed by atoms with van der Waals surface area (Å²) in [5.41, 5.74) is 0.915. The predicted molar refractivity (Wildman–Crippen MR) is 99.4 cm³/mol. The van der Waals surface area contributed by atoms with Crippen LogP contribution in [0.2, 0.25) is 0 Å². The number of fused-ring (bicyclic) bond motifs is 1. The molecule has 1 amide bonds. The Morgan fingerprint density at radius 1 is 1.08 bits per heavy atom. The zero-order valence-electron chi connectivity index (χ0n) is 14.6. The summed E-state index contributed by atoms with van der Waals surface area (Å²) in [5.74, 6) is 1.28. The topological polar surface area (TPSA) is 51.7 Å². The molecule has 0 unspecified atom stereocenters. The lowest BCUT2D eigenvalue weighted by molar-refractivity contribution is -0.142. The maximum Gasteiger partial charge on any atom is 0.260 e. The third-order valence-electron chi connectivity index (χ3n) is 4.43. The lowest BCUT2D eigenvalue weighted by atomic mass is 10.1. The molecule has 3 aromatic rings. The van der Waals surface area contributed by atoms with E-state index in [1.807, 2.05) is 67.6 Å². The van der Waals surface area contributed by atoms with Crippen LogP contribution in [0.1, 0.15) is 5.69 Å². The van der Waals surface area contributed by atoms with Gasteiger partial charge in [0.15, 0.2) is 6.61 Å². The van der Waals surface area contributed by atoms with Gasteiger partial charge in [-0.3, -0.25) is 4.79 Å².